The Balaban J connectivity index is 1.47. The van der Waals surface area contributed by atoms with Crippen LogP contribution in [-0.2, 0) is 4.79 Å². The molecule has 0 aliphatic heterocycles. The molecule has 1 atom stereocenters. The van der Waals surface area contributed by atoms with Crippen LogP contribution in [0.3, 0.4) is 0 Å². The summed E-state index contributed by atoms with van der Waals surface area (Å²) in [5.41, 5.74) is 2.36. The number of hydrogen-bond acceptors (Lipinski definition) is 5. The smallest absolute Gasteiger partial charge is 0.230 e. The number of nitrogens with one attached hydrogen (secondary N) is 1. The molecule has 1 amide bonds. The van der Waals surface area contributed by atoms with E-state index in [-0.39, 0.29) is 23.5 Å². The van der Waals surface area contributed by atoms with E-state index >= 15 is 0 Å². The Hall–Kier alpha value is -3.26. The minimum atomic E-state index is -0.313. The molecule has 2 aromatic heterocycles. The van der Waals surface area contributed by atoms with E-state index in [1.807, 2.05) is 37.3 Å². The first-order valence-electron chi connectivity index (χ1n) is 9.03. The molecular weight excluding hydrogens is 389 g/mol. The van der Waals surface area contributed by atoms with Crippen molar-refractivity contribution in [2.24, 2.45) is 0 Å². The minimum absolute atomic E-state index is 0.0732. The van der Waals surface area contributed by atoms with Crippen LogP contribution in [0, 0.1) is 5.82 Å². The molecule has 1 N–H and O–H groups in total. The fourth-order valence-corrected chi connectivity index (χ4v) is 3.72. The van der Waals surface area contributed by atoms with Gasteiger partial charge in [-0.15, -0.1) is 0 Å². The van der Waals surface area contributed by atoms with Crippen molar-refractivity contribution in [2.45, 2.75) is 18.0 Å². The second kappa shape index (κ2) is 8.40. The summed E-state index contributed by atoms with van der Waals surface area (Å²) in [6.07, 6.45) is 3.10. The van der Waals surface area contributed by atoms with Crippen molar-refractivity contribution in [3.05, 3.63) is 78.5 Å². The molecule has 0 aliphatic rings. The number of benzene rings is 2. The molecule has 4 aromatic rings. The van der Waals surface area contributed by atoms with Crippen molar-refractivity contribution in [1.29, 1.82) is 0 Å². The summed E-state index contributed by atoms with van der Waals surface area (Å²) >= 11 is 1.33. The molecule has 0 radical (unpaired) electrons. The maximum Gasteiger partial charge on any atom is 0.230 e. The lowest BCUT2D eigenvalue weighted by atomic mass is 10.1. The van der Waals surface area contributed by atoms with Gasteiger partial charge in [0.25, 0.3) is 0 Å². The van der Waals surface area contributed by atoms with E-state index in [0.717, 1.165) is 10.9 Å². The summed E-state index contributed by atoms with van der Waals surface area (Å²) in [6, 6.07) is 15.7. The van der Waals surface area contributed by atoms with Crippen LogP contribution in [-0.4, -0.2) is 31.4 Å². The summed E-state index contributed by atoms with van der Waals surface area (Å²) in [4.78, 5) is 21.0. The zero-order valence-electron chi connectivity index (χ0n) is 15.6. The van der Waals surface area contributed by atoms with E-state index in [0.29, 0.717) is 16.4 Å². The number of thioether (sulfide) groups is 1. The number of carbonyl (C=O) groups excluding carboxylic acids is 1. The average molecular weight is 407 g/mol. The van der Waals surface area contributed by atoms with Gasteiger partial charge in [0.1, 0.15) is 17.2 Å². The zero-order valence-corrected chi connectivity index (χ0v) is 16.4. The van der Waals surface area contributed by atoms with Gasteiger partial charge in [-0.3, -0.25) is 4.79 Å². The quantitative estimate of drug-likeness (QED) is 0.387. The third-order valence-electron chi connectivity index (χ3n) is 4.42. The number of halogens is 1. The van der Waals surface area contributed by atoms with Crippen molar-refractivity contribution in [2.75, 3.05) is 5.75 Å². The highest BCUT2D eigenvalue weighted by atomic mass is 32.2. The molecule has 146 valence electrons. The van der Waals surface area contributed by atoms with E-state index in [1.165, 1.54) is 30.2 Å². The Kier molecular flexibility index (Phi) is 5.53. The molecule has 0 saturated heterocycles. The van der Waals surface area contributed by atoms with Crippen molar-refractivity contribution in [3.8, 4) is 5.69 Å². The van der Waals surface area contributed by atoms with Crippen LogP contribution in [0.4, 0.5) is 4.39 Å². The van der Waals surface area contributed by atoms with Gasteiger partial charge in [-0.2, -0.15) is 5.10 Å². The Bertz CT molecular complexity index is 1130. The fraction of sp³-hybridized carbons (Fsp3) is 0.143. The van der Waals surface area contributed by atoms with Crippen molar-refractivity contribution in [3.63, 3.8) is 0 Å². The van der Waals surface area contributed by atoms with Crippen LogP contribution in [0.5, 0.6) is 0 Å². The highest BCUT2D eigenvalue weighted by Crippen LogP contribution is 2.26. The van der Waals surface area contributed by atoms with E-state index < -0.39 is 0 Å². The Morgan fingerprint density at radius 3 is 2.66 bits per heavy atom. The largest absolute Gasteiger partial charge is 0.349 e. The molecular formula is C21H18FN5OS. The van der Waals surface area contributed by atoms with Crippen molar-refractivity contribution in [1.82, 2.24) is 25.1 Å². The molecule has 0 spiro atoms. The standard InChI is InChI=1S/C21H18FN5OS/c1-14(15-5-3-2-4-6-15)26-19(28)12-29-21-18-11-25-27(20(18)23-13-24-21)17-9-7-16(22)8-10-17/h2-11,13-14H,12H2,1H3,(H,26,28)/t14-/m0/s1. The number of rotatable bonds is 6. The van der Waals surface area contributed by atoms with E-state index in [9.17, 15) is 9.18 Å². The maximum absolute atomic E-state index is 13.2. The maximum atomic E-state index is 13.2. The van der Waals surface area contributed by atoms with Crippen LogP contribution in [0.25, 0.3) is 16.7 Å². The van der Waals surface area contributed by atoms with Gasteiger partial charge in [0.2, 0.25) is 5.91 Å². The molecule has 4 rings (SSSR count). The Morgan fingerprint density at radius 2 is 1.90 bits per heavy atom. The number of aromatic nitrogens is 4. The van der Waals surface area contributed by atoms with Crippen molar-refractivity contribution >= 4 is 28.7 Å². The number of amides is 1. The first-order chi connectivity index (χ1) is 14.1. The van der Waals surface area contributed by atoms with Gasteiger partial charge in [-0.25, -0.2) is 19.0 Å². The first-order valence-corrected chi connectivity index (χ1v) is 10.0. The minimum Gasteiger partial charge on any atom is -0.349 e. The lowest BCUT2D eigenvalue weighted by Gasteiger charge is -2.14. The highest BCUT2D eigenvalue weighted by Gasteiger charge is 2.14. The Labute approximate surface area is 171 Å². The van der Waals surface area contributed by atoms with Crippen LogP contribution < -0.4 is 5.32 Å². The SMILES string of the molecule is C[C@H](NC(=O)CSc1ncnc2c1cnn2-c1ccc(F)cc1)c1ccccc1. The van der Waals surface area contributed by atoms with Gasteiger partial charge in [0, 0.05) is 0 Å². The third kappa shape index (κ3) is 4.27. The van der Waals surface area contributed by atoms with Gasteiger partial charge in [0.15, 0.2) is 5.65 Å². The molecule has 2 aromatic carbocycles. The normalized spacial score (nSPS) is 12.1. The first kappa shape index (κ1) is 19.1. The second-order valence-electron chi connectivity index (χ2n) is 6.44. The Morgan fingerprint density at radius 1 is 1.14 bits per heavy atom. The number of hydrogen-bond donors (Lipinski definition) is 1. The average Bonchev–Trinajstić information content (AvgIpc) is 3.18. The van der Waals surface area contributed by atoms with Gasteiger partial charge in [-0.1, -0.05) is 42.1 Å². The molecule has 8 heteroatoms. The summed E-state index contributed by atoms with van der Waals surface area (Å²) < 4.78 is 14.8. The lowest BCUT2D eigenvalue weighted by Crippen LogP contribution is -2.28. The topological polar surface area (TPSA) is 72.7 Å². The van der Waals surface area contributed by atoms with Crippen LogP contribution >= 0.6 is 11.8 Å². The molecule has 0 bridgehead atoms. The van der Waals surface area contributed by atoms with Crippen LogP contribution in [0.1, 0.15) is 18.5 Å². The molecule has 2 heterocycles. The fourth-order valence-electron chi connectivity index (χ4n) is 2.95. The summed E-state index contributed by atoms with van der Waals surface area (Å²) in [7, 11) is 0. The lowest BCUT2D eigenvalue weighted by molar-refractivity contribution is -0.119. The van der Waals surface area contributed by atoms with E-state index in [2.05, 4.69) is 20.4 Å². The third-order valence-corrected chi connectivity index (χ3v) is 5.42. The predicted octanol–water partition coefficient (Wildman–Crippen LogP) is 3.92. The second-order valence-corrected chi connectivity index (χ2v) is 7.40. The van der Waals surface area contributed by atoms with Gasteiger partial charge in [0.05, 0.1) is 29.1 Å². The summed E-state index contributed by atoms with van der Waals surface area (Å²) in [6.45, 7) is 1.95. The molecule has 0 aliphatic carbocycles. The molecule has 29 heavy (non-hydrogen) atoms. The molecule has 0 saturated carbocycles. The van der Waals surface area contributed by atoms with Gasteiger partial charge >= 0.3 is 0 Å². The van der Waals surface area contributed by atoms with Gasteiger partial charge < -0.3 is 5.32 Å². The molecule has 6 nitrogen and oxygen atoms in total. The highest BCUT2D eigenvalue weighted by molar-refractivity contribution is 8.00. The monoisotopic (exact) mass is 407 g/mol. The van der Waals surface area contributed by atoms with Crippen molar-refractivity contribution < 1.29 is 9.18 Å². The number of nitrogens with zero attached hydrogens (tertiary/aromatic N) is 4. The zero-order chi connectivity index (χ0) is 20.2. The summed E-state index contributed by atoms with van der Waals surface area (Å²) in [5.74, 6) is -0.166. The van der Waals surface area contributed by atoms with Gasteiger partial charge in [-0.05, 0) is 36.8 Å². The number of carbonyl (C=O) groups is 1. The summed E-state index contributed by atoms with van der Waals surface area (Å²) in [5, 5.41) is 8.75. The van der Waals surface area contributed by atoms with E-state index in [4.69, 9.17) is 0 Å². The molecule has 0 fully saturated rings. The number of fused-ring (bicyclic) bond motifs is 1. The predicted molar refractivity (Wildman–Crippen MR) is 110 cm³/mol. The molecule has 0 unspecified atom stereocenters. The van der Waals surface area contributed by atoms with Crippen LogP contribution in [0.2, 0.25) is 0 Å². The van der Waals surface area contributed by atoms with Crippen LogP contribution in [0.15, 0.2) is 72.1 Å². The van der Waals surface area contributed by atoms with E-state index in [1.54, 1.807) is 23.0 Å².